The molecular formula is C28H28F2N2O4S. The minimum atomic E-state index is -0.506. The standard InChI is InChI=1S/C28H28F2N2O4S/c29-20-6-8-22(9-7-20)36-18-25-24-11-14-37-26(24)10-12-32(25)27(33)17-31(16-23-5-2-13-35-23)28(34)19-3-1-4-21(30)15-19/h1,3-4,6-9,11,14-15,23,25H,2,5,10,12-13,16-18H2/t23-,25+/m1/s1. The number of thiophene rings is 1. The zero-order valence-corrected chi connectivity index (χ0v) is 21.1. The van der Waals surface area contributed by atoms with Crippen molar-refractivity contribution in [2.45, 2.75) is 31.4 Å². The molecule has 194 valence electrons. The third-order valence-electron chi connectivity index (χ3n) is 6.77. The number of halogens is 2. The van der Waals surface area contributed by atoms with Crippen LogP contribution in [-0.2, 0) is 16.0 Å². The highest BCUT2D eigenvalue weighted by Crippen LogP contribution is 2.34. The Morgan fingerprint density at radius 1 is 1.11 bits per heavy atom. The lowest BCUT2D eigenvalue weighted by atomic mass is 10.00. The van der Waals surface area contributed by atoms with Crippen LogP contribution in [0.1, 0.15) is 39.7 Å². The number of ether oxygens (including phenoxy) is 2. The maximum absolute atomic E-state index is 13.9. The van der Waals surface area contributed by atoms with Gasteiger partial charge < -0.3 is 19.3 Å². The van der Waals surface area contributed by atoms with E-state index in [0.29, 0.717) is 18.9 Å². The van der Waals surface area contributed by atoms with Gasteiger partial charge in [0, 0.05) is 30.1 Å². The minimum Gasteiger partial charge on any atom is -0.491 e. The van der Waals surface area contributed by atoms with Crippen molar-refractivity contribution < 1.29 is 27.8 Å². The Balaban J connectivity index is 1.35. The lowest BCUT2D eigenvalue weighted by molar-refractivity contribution is -0.135. The van der Waals surface area contributed by atoms with Crippen LogP contribution in [0.2, 0.25) is 0 Å². The summed E-state index contributed by atoms with van der Waals surface area (Å²) in [5.74, 6) is -0.968. The average Bonchev–Trinajstić information content (AvgIpc) is 3.59. The minimum absolute atomic E-state index is 0.151. The van der Waals surface area contributed by atoms with E-state index in [0.717, 1.165) is 24.8 Å². The van der Waals surface area contributed by atoms with E-state index in [2.05, 4.69) is 0 Å². The second kappa shape index (κ2) is 11.4. The number of benzene rings is 2. The lowest BCUT2D eigenvalue weighted by Gasteiger charge is -2.37. The van der Waals surface area contributed by atoms with Gasteiger partial charge in [0.15, 0.2) is 0 Å². The summed E-state index contributed by atoms with van der Waals surface area (Å²) in [6, 6.07) is 12.9. The number of amides is 2. The van der Waals surface area contributed by atoms with Crippen LogP contribution >= 0.6 is 11.3 Å². The summed E-state index contributed by atoms with van der Waals surface area (Å²) >= 11 is 1.65. The zero-order valence-electron chi connectivity index (χ0n) is 20.3. The normalized spacial score (nSPS) is 18.9. The zero-order chi connectivity index (χ0) is 25.8. The molecule has 2 aliphatic heterocycles. The quantitative estimate of drug-likeness (QED) is 0.421. The molecule has 0 bridgehead atoms. The largest absolute Gasteiger partial charge is 0.491 e. The lowest BCUT2D eigenvalue weighted by Crippen LogP contribution is -2.49. The Morgan fingerprint density at radius 2 is 1.95 bits per heavy atom. The van der Waals surface area contributed by atoms with Gasteiger partial charge in [0.05, 0.1) is 12.1 Å². The highest BCUT2D eigenvalue weighted by molar-refractivity contribution is 7.10. The first kappa shape index (κ1) is 25.4. The Kier molecular flexibility index (Phi) is 7.81. The molecular weight excluding hydrogens is 498 g/mol. The number of rotatable bonds is 8. The van der Waals surface area contributed by atoms with Gasteiger partial charge in [0.1, 0.15) is 30.5 Å². The molecule has 2 atom stereocenters. The maximum atomic E-state index is 13.9. The predicted molar refractivity (Wildman–Crippen MR) is 136 cm³/mol. The fourth-order valence-corrected chi connectivity index (χ4v) is 5.82. The van der Waals surface area contributed by atoms with Crippen LogP contribution in [0.4, 0.5) is 8.78 Å². The van der Waals surface area contributed by atoms with Gasteiger partial charge >= 0.3 is 0 Å². The van der Waals surface area contributed by atoms with Crippen molar-refractivity contribution in [3.8, 4) is 5.75 Å². The number of carbonyl (C=O) groups is 2. The second-order valence-corrected chi connectivity index (χ2v) is 10.2. The molecule has 37 heavy (non-hydrogen) atoms. The summed E-state index contributed by atoms with van der Waals surface area (Å²) in [7, 11) is 0. The molecule has 0 spiro atoms. The molecule has 0 saturated carbocycles. The smallest absolute Gasteiger partial charge is 0.254 e. The van der Waals surface area contributed by atoms with E-state index in [1.54, 1.807) is 34.4 Å². The highest BCUT2D eigenvalue weighted by Gasteiger charge is 2.34. The highest BCUT2D eigenvalue weighted by atomic mass is 32.1. The van der Waals surface area contributed by atoms with Crippen LogP contribution in [0, 0.1) is 11.6 Å². The van der Waals surface area contributed by atoms with Crippen molar-refractivity contribution in [3.05, 3.63) is 87.6 Å². The number of fused-ring (bicyclic) bond motifs is 1. The number of hydrogen-bond donors (Lipinski definition) is 0. The summed E-state index contributed by atoms with van der Waals surface area (Å²) < 4.78 is 38.9. The predicted octanol–water partition coefficient (Wildman–Crippen LogP) is 4.85. The van der Waals surface area contributed by atoms with Crippen LogP contribution in [0.25, 0.3) is 0 Å². The van der Waals surface area contributed by atoms with Gasteiger partial charge in [0.2, 0.25) is 5.91 Å². The Bertz CT molecular complexity index is 1240. The fourth-order valence-electron chi connectivity index (χ4n) is 4.89. The van der Waals surface area contributed by atoms with Crippen molar-refractivity contribution in [1.29, 1.82) is 0 Å². The van der Waals surface area contributed by atoms with Crippen molar-refractivity contribution >= 4 is 23.2 Å². The molecule has 2 amide bonds. The third-order valence-corrected chi connectivity index (χ3v) is 7.77. The topological polar surface area (TPSA) is 59.1 Å². The summed E-state index contributed by atoms with van der Waals surface area (Å²) in [6.07, 6.45) is 2.26. The summed E-state index contributed by atoms with van der Waals surface area (Å²) in [5.41, 5.74) is 1.22. The van der Waals surface area contributed by atoms with Crippen LogP contribution in [0.3, 0.4) is 0 Å². The first-order chi connectivity index (χ1) is 18.0. The molecule has 0 radical (unpaired) electrons. The second-order valence-electron chi connectivity index (χ2n) is 9.25. The van der Waals surface area contributed by atoms with Gasteiger partial charge in [0.25, 0.3) is 5.91 Å². The van der Waals surface area contributed by atoms with Gasteiger partial charge in [-0.05, 0) is 78.7 Å². The van der Waals surface area contributed by atoms with Crippen LogP contribution < -0.4 is 4.74 Å². The summed E-state index contributed by atoms with van der Waals surface area (Å²) in [6.45, 7) is 1.42. The molecule has 3 heterocycles. The number of carbonyl (C=O) groups excluding carboxylic acids is 2. The maximum Gasteiger partial charge on any atom is 0.254 e. The van der Waals surface area contributed by atoms with Crippen molar-refractivity contribution in [2.75, 3.05) is 32.8 Å². The molecule has 6 nitrogen and oxygen atoms in total. The third kappa shape index (κ3) is 5.99. The van der Waals surface area contributed by atoms with Crippen LogP contribution in [0.15, 0.2) is 60.0 Å². The van der Waals surface area contributed by atoms with Crippen molar-refractivity contribution in [3.63, 3.8) is 0 Å². The van der Waals surface area contributed by atoms with Crippen molar-refractivity contribution in [1.82, 2.24) is 9.80 Å². The summed E-state index contributed by atoms with van der Waals surface area (Å²) in [4.78, 5) is 31.5. The van der Waals surface area contributed by atoms with Gasteiger partial charge in [-0.2, -0.15) is 0 Å². The number of nitrogens with zero attached hydrogens (tertiary/aromatic N) is 2. The van der Waals surface area contributed by atoms with E-state index in [9.17, 15) is 18.4 Å². The van der Waals surface area contributed by atoms with E-state index in [-0.39, 0.29) is 49.1 Å². The fraction of sp³-hybridized carbons (Fsp3) is 0.357. The molecule has 9 heteroatoms. The molecule has 3 aromatic rings. The molecule has 2 aliphatic rings. The Hall–Kier alpha value is -3.30. The monoisotopic (exact) mass is 526 g/mol. The average molecular weight is 527 g/mol. The SMILES string of the molecule is O=C(c1cccc(F)c1)N(CC(=O)N1CCc2sccc2[C@@H]1COc1ccc(F)cc1)C[C@H]1CCCO1. The molecule has 0 unspecified atom stereocenters. The number of hydrogen-bond acceptors (Lipinski definition) is 5. The summed E-state index contributed by atoms with van der Waals surface area (Å²) in [5, 5.41) is 2.00. The van der Waals surface area contributed by atoms with E-state index >= 15 is 0 Å². The molecule has 0 N–H and O–H groups in total. The molecule has 1 aromatic heterocycles. The molecule has 1 fully saturated rings. The van der Waals surface area contributed by atoms with Gasteiger partial charge in [-0.15, -0.1) is 11.3 Å². The van der Waals surface area contributed by atoms with Crippen molar-refractivity contribution in [2.24, 2.45) is 0 Å². The van der Waals surface area contributed by atoms with E-state index in [4.69, 9.17) is 9.47 Å². The van der Waals surface area contributed by atoms with E-state index in [1.165, 1.54) is 40.1 Å². The Morgan fingerprint density at radius 3 is 2.70 bits per heavy atom. The Labute approximate surface area is 218 Å². The molecule has 5 rings (SSSR count). The molecule has 0 aliphatic carbocycles. The van der Waals surface area contributed by atoms with Crippen LogP contribution in [-0.4, -0.2) is 60.6 Å². The van der Waals surface area contributed by atoms with Gasteiger partial charge in [-0.25, -0.2) is 8.78 Å². The first-order valence-corrected chi connectivity index (χ1v) is 13.3. The van der Waals surface area contributed by atoms with Crippen LogP contribution in [0.5, 0.6) is 5.75 Å². The first-order valence-electron chi connectivity index (χ1n) is 12.4. The molecule has 1 saturated heterocycles. The van der Waals surface area contributed by atoms with Gasteiger partial charge in [-0.1, -0.05) is 6.07 Å². The van der Waals surface area contributed by atoms with E-state index < -0.39 is 11.7 Å². The van der Waals surface area contributed by atoms with Gasteiger partial charge in [-0.3, -0.25) is 9.59 Å². The van der Waals surface area contributed by atoms with E-state index in [1.807, 2.05) is 11.4 Å². The molecule has 2 aromatic carbocycles.